The summed E-state index contributed by atoms with van der Waals surface area (Å²) in [5, 5.41) is 17.7. The van der Waals surface area contributed by atoms with Gasteiger partial charge in [-0.2, -0.15) is 13.9 Å². The van der Waals surface area contributed by atoms with Crippen molar-refractivity contribution in [3.63, 3.8) is 0 Å². The van der Waals surface area contributed by atoms with Crippen molar-refractivity contribution in [3.05, 3.63) is 17.5 Å². The van der Waals surface area contributed by atoms with Crippen molar-refractivity contribution in [2.75, 3.05) is 19.6 Å². The van der Waals surface area contributed by atoms with Crippen LogP contribution in [0.3, 0.4) is 0 Å². The molecule has 3 N–H and O–H groups in total. The highest BCUT2D eigenvalue weighted by atomic mass is 19.3. The monoisotopic (exact) mass is 344 g/mol. The lowest BCUT2D eigenvalue weighted by Crippen LogP contribution is -2.38. The third-order valence-corrected chi connectivity index (χ3v) is 4.24. The van der Waals surface area contributed by atoms with Gasteiger partial charge in [0.2, 0.25) is 5.91 Å². The topological polar surface area (TPSA) is 98.3 Å². The Morgan fingerprint density at radius 2 is 2.21 bits per heavy atom. The summed E-state index contributed by atoms with van der Waals surface area (Å²) in [5.74, 6) is -3.80. The molecule has 2 amide bonds. The Morgan fingerprint density at radius 1 is 1.54 bits per heavy atom. The van der Waals surface area contributed by atoms with Gasteiger partial charge in [0.1, 0.15) is 11.8 Å². The predicted octanol–water partition coefficient (Wildman–Crippen LogP) is 0.726. The quantitative estimate of drug-likeness (QED) is 0.733. The molecule has 1 saturated heterocycles. The van der Waals surface area contributed by atoms with E-state index in [0.717, 1.165) is 13.0 Å². The van der Waals surface area contributed by atoms with E-state index in [-0.39, 0.29) is 17.5 Å². The van der Waals surface area contributed by atoms with E-state index in [1.807, 2.05) is 6.92 Å². The maximum Gasteiger partial charge on any atom is 0.286 e. The fraction of sp³-hybridized carbons (Fsp3) is 0.667. The number of rotatable bonds is 5. The zero-order valence-electron chi connectivity index (χ0n) is 13.8. The van der Waals surface area contributed by atoms with Crippen LogP contribution in [-0.2, 0) is 10.7 Å². The van der Waals surface area contributed by atoms with Crippen molar-refractivity contribution < 1.29 is 23.5 Å². The smallest absolute Gasteiger partial charge is 0.286 e. The van der Waals surface area contributed by atoms with Gasteiger partial charge in [0.25, 0.3) is 11.8 Å². The molecule has 2 rings (SSSR count). The first-order valence-corrected chi connectivity index (χ1v) is 7.78. The summed E-state index contributed by atoms with van der Waals surface area (Å²) in [7, 11) is 0. The summed E-state index contributed by atoms with van der Waals surface area (Å²) in [6, 6.07) is 1.07. The second-order valence-electron chi connectivity index (χ2n) is 6.42. The number of aliphatic hydroxyl groups is 1. The number of carbonyl (C=O) groups excluding carboxylic acids is 2. The van der Waals surface area contributed by atoms with E-state index >= 15 is 0 Å². The van der Waals surface area contributed by atoms with E-state index in [1.54, 1.807) is 0 Å². The molecule has 0 aromatic carbocycles. The minimum atomic E-state index is -3.09. The molecule has 3 unspecified atom stereocenters. The Balaban J connectivity index is 1.97. The third-order valence-electron chi connectivity index (χ3n) is 4.24. The van der Waals surface area contributed by atoms with Crippen LogP contribution >= 0.6 is 0 Å². The van der Waals surface area contributed by atoms with Gasteiger partial charge >= 0.3 is 0 Å². The van der Waals surface area contributed by atoms with E-state index in [9.17, 15) is 18.4 Å². The maximum atomic E-state index is 13.2. The van der Waals surface area contributed by atoms with Gasteiger partial charge in [0, 0.05) is 26.6 Å². The minimum absolute atomic E-state index is 0.0303. The van der Waals surface area contributed by atoms with Crippen LogP contribution in [0.25, 0.3) is 0 Å². The number of aromatic nitrogens is 2. The van der Waals surface area contributed by atoms with Crippen molar-refractivity contribution >= 4 is 11.8 Å². The average Bonchev–Trinajstić information content (AvgIpc) is 3.10. The zero-order valence-corrected chi connectivity index (χ0v) is 13.8. The van der Waals surface area contributed by atoms with Gasteiger partial charge in [-0.3, -0.25) is 14.7 Å². The number of hydrogen-bond donors (Lipinski definition) is 3. The van der Waals surface area contributed by atoms with Crippen molar-refractivity contribution in [2.24, 2.45) is 11.8 Å². The number of aromatic amines is 1. The molecular formula is C15H22F2N4O3. The zero-order chi connectivity index (χ0) is 18.1. The summed E-state index contributed by atoms with van der Waals surface area (Å²) in [6.45, 7) is 5.25. The lowest BCUT2D eigenvalue weighted by atomic mass is 9.98. The van der Waals surface area contributed by atoms with Crippen LogP contribution in [0.15, 0.2) is 6.07 Å². The average molecular weight is 344 g/mol. The number of carbonyl (C=O) groups is 2. The van der Waals surface area contributed by atoms with Crippen molar-refractivity contribution in [1.29, 1.82) is 0 Å². The SMILES string of the molecule is CC(O)C(=O)NCC1CN(C(=O)c2cc(C(C)(F)F)[nH]n2)CC1C. The lowest BCUT2D eigenvalue weighted by Gasteiger charge is -2.16. The van der Waals surface area contributed by atoms with Crippen LogP contribution in [0.5, 0.6) is 0 Å². The Labute approximate surface area is 138 Å². The van der Waals surface area contributed by atoms with Crippen molar-refractivity contribution in [3.8, 4) is 0 Å². The number of nitrogens with one attached hydrogen (secondary N) is 2. The standard InChI is InChI=1S/C15H22F2N4O3/c1-8-6-21(7-10(8)5-18-13(23)9(2)22)14(24)11-4-12(20-19-11)15(3,16)17/h4,8-10,22H,5-7H2,1-3H3,(H,18,23)(H,19,20). The molecule has 1 aromatic heterocycles. The molecule has 134 valence electrons. The Bertz CT molecular complexity index is 612. The summed E-state index contributed by atoms with van der Waals surface area (Å²) in [4.78, 5) is 25.3. The van der Waals surface area contributed by atoms with Gasteiger partial charge < -0.3 is 15.3 Å². The maximum absolute atomic E-state index is 13.2. The van der Waals surface area contributed by atoms with Gasteiger partial charge in [-0.15, -0.1) is 0 Å². The van der Waals surface area contributed by atoms with Crippen LogP contribution in [0.4, 0.5) is 8.78 Å². The van der Waals surface area contributed by atoms with E-state index in [4.69, 9.17) is 5.11 Å². The number of hydrogen-bond acceptors (Lipinski definition) is 4. The van der Waals surface area contributed by atoms with Crippen molar-refractivity contribution in [2.45, 2.75) is 32.8 Å². The summed E-state index contributed by atoms with van der Waals surface area (Å²) >= 11 is 0. The molecule has 2 heterocycles. The van der Waals surface area contributed by atoms with E-state index in [2.05, 4.69) is 15.5 Å². The largest absolute Gasteiger partial charge is 0.384 e. The first kappa shape index (κ1) is 18.3. The first-order chi connectivity index (χ1) is 11.1. The number of aliphatic hydroxyl groups excluding tert-OH is 1. The fourth-order valence-electron chi connectivity index (χ4n) is 2.66. The molecule has 3 atom stereocenters. The van der Waals surface area contributed by atoms with Gasteiger partial charge in [0.15, 0.2) is 5.69 Å². The van der Waals surface area contributed by atoms with E-state index < -0.39 is 29.5 Å². The molecule has 0 aliphatic carbocycles. The highest BCUT2D eigenvalue weighted by Gasteiger charge is 2.35. The van der Waals surface area contributed by atoms with Crippen LogP contribution in [0.1, 0.15) is 37.0 Å². The van der Waals surface area contributed by atoms with Gasteiger partial charge in [-0.05, 0) is 24.8 Å². The van der Waals surface area contributed by atoms with Crippen LogP contribution in [0, 0.1) is 11.8 Å². The number of nitrogens with zero attached hydrogens (tertiary/aromatic N) is 2. The molecule has 0 bridgehead atoms. The number of alkyl halides is 2. The molecule has 24 heavy (non-hydrogen) atoms. The molecule has 0 radical (unpaired) electrons. The Morgan fingerprint density at radius 3 is 2.75 bits per heavy atom. The Kier molecular flexibility index (Phi) is 5.22. The number of halogens is 2. The molecule has 1 fully saturated rings. The summed E-state index contributed by atoms with van der Waals surface area (Å²) in [6.07, 6.45) is -1.09. The first-order valence-electron chi connectivity index (χ1n) is 7.78. The van der Waals surface area contributed by atoms with Crippen molar-refractivity contribution in [1.82, 2.24) is 20.4 Å². The lowest BCUT2D eigenvalue weighted by molar-refractivity contribution is -0.128. The Hall–Kier alpha value is -2.03. The van der Waals surface area contributed by atoms with Crippen LogP contribution < -0.4 is 5.32 Å². The molecule has 1 aromatic rings. The molecule has 1 aliphatic heterocycles. The highest BCUT2D eigenvalue weighted by molar-refractivity contribution is 5.92. The van der Waals surface area contributed by atoms with Gasteiger partial charge in [-0.25, -0.2) is 0 Å². The van der Waals surface area contributed by atoms with Gasteiger partial charge in [0.05, 0.1) is 0 Å². The molecule has 1 aliphatic rings. The van der Waals surface area contributed by atoms with E-state index in [0.29, 0.717) is 19.6 Å². The van der Waals surface area contributed by atoms with Gasteiger partial charge in [-0.1, -0.05) is 6.92 Å². The third kappa shape index (κ3) is 4.08. The van der Waals surface area contributed by atoms with Crippen LogP contribution in [0.2, 0.25) is 0 Å². The number of likely N-dealkylation sites (tertiary alicyclic amines) is 1. The summed E-state index contributed by atoms with van der Waals surface area (Å²) < 4.78 is 26.4. The van der Waals surface area contributed by atoms with E-state index in [1.165, 1.54) is 11.8 Å². The molecule has 0 spiro atoms. The molecule has 0 saturated carbocycles. The minimum Gasteiger partial charge on any atom is -0.384 e. The highest BCUT2D eigenvalue weighted by Crippen LogP contribution is 2.27. The molecule has 9 heteroatoms. The molecular weight excluding hydrogens is 322 g/mol. The van der Waals surface area contributed by atoms with Crippen LogP contribution in [-0.4, -0.2) is 57.8 Å². The summed E-state index contributed by atoms with van der Waals surface area (Å²) in [5.41, 5.74) is -0.453. The second kappa shape index (κ2) is 6.84. The second-order valence-corrected chi connectivity index (χ2v) is 6.42. The molecule has 7 nitrogen and oxygen atoms in total. The number of amides is 2. The fourth-order valence-corrected chi connectivity index (χ4v) is 2.66. The predicted molar refractivity (Wildman–Crippen MR) is 81.4 cm³/mol. The number of H-pyrrole nitrogens is 1. The normalized spacial score (nSPS) is 22.5.